The average Bonchev–Trinajstić information content (AvgIpc) is 2.97. The first kappa shape index (κ1) is 12.6. The SMILES string of the molecule is Cc1cccc2sc(NC(=O)C3(O)CCCC3)nc12. The van der Waals surface area contributed by atoms with Gasteiger partial charge in [0, 0.05) is 0 Å². The molecular weight excluding hydrogens is 260 g/mol. The summed E-state index contributed by atoms with van der Waals surface area (Å²) in [6.45, 7) is 2.00. The fourth-order valence-electron chi connectivity index (χ4n) is 2.54. The molecule has 0 radical (unpaired) electrons. The van der Waals surface area contributed by atoms with Crippen molar-refractivity contribution in [3.63, 3.8) is 0 Å². The molecule has 100 valence electrons. The van der Waals surface area contributed by atoms with E-state index in [1.807, 2.05) is 25.1 Å². The number of carbonyl (C=O) groups is 1. The minimum Gasteiger partial charge on any atom is -0.380 e. The summed E-state index contributed by atoms with van der Waals surface area (Å²) in [5.74, 6) is -0.318. The van der Waals surface area contributed by atoms with Crippen LogP contribution in [-0.4, -0.2) is 21.6 Å². The second kappa shape index (κ2) is 4.58. The van der Waals surface area contributed by atoms with Crippen molar-refractivity contribution >= 4 is 32.6 Å². The Balaban J connectivity index is 1.85. The molecule has 0 atom stereocenters. The summed E-state index contributed by atoms with van der Waals surface area (Å²) < 4.78 is 1.05. The fraction of sp³-hybridized carbons (Fsp3) is 0.429. The number of fused-ring (bicyclic) bond motifs is 1. The topological polar surface area (TPSA) is 62.2 Å². The van der Waals surface area contributed by atoms with Gasteiger partial charge in [-0.25, -0.2) is 4.98 Å². The van der Waals surface area contributed by atoms with Gasteiger partial charge in [-0.1, -0.05) is 23.5 Å². The molecule has 0 bridgehead atoms. The molecule has 3 rings (SSSR count). The number of rotatable bonds is 2. The van der Waals surface area contributed by atoms with Crippen LogP contribution in [0.1, 0.15) is 31.2 Å². The molecule has 2 N–H and O–H groups in total. The van der Waals surface area contributed by atoms with E-state index in [9.17, 15) is 9.90 Å². The number of aromatic nitrogens is 1. The molecule has 0 spiro atoms. The zero-order chi connectivity index (χ0) is 13.5. The Kier molecular flexibility index (Phi) is 3.03. The molecule has 1 saturated carbocycles. The van der Waals surface area contributed by atoms with Crippen LogP contribution in [-0.2, 0) is 4.79 Å². The molecule has 1 aromatic carbocycles. The maximum atomic E-state index is 12.1. The Morgan fingerprint density at radius 3 is 2.84 bits per heavy atom. The van der Waals surface area contributed by atoms with Crippen LogP contribution in [0.4, 0.5) is 5.13 Å². The smallest absolute Gasteiger partial charge is 0.258 e. The van der Waals surface area contributed by atoms with Crippen molar-refractivity contribution in [3.05, 3.63) is 23.8 Å². The van der Waals surface area contributed by atoms with Crippen LogP contribution < -0.4 is 5.32 Å². The molecule has 1 heterocycles. The average molecular weight is 276 g/mol. The van der Waals surface area contributed by atoms with E-state index in [4.69, 9.17) is 0 Å². The van der Waals surface area contributed by atoms with Crippen molar-refractivity contribution in [2.24, 2.45) is 0 Å². The third-order valence-electron chi connectivity index (χ3n) is 3.69. The lowest BCUT2D eigenvalue weighted by atomic mass is 10.0. The molecule has 2 aromatic rings. The normalized spacial score (nSPS) is 17.8. The summed E-state index contributed by atoms with van der Waals surface area (Å²) >= 11 is 1.44. The summed E-state index contributed by atoms with van der Waals surface area (Å²) in [5.41, 5.74) is 0.808. The van der Waals surface area contributed by atoms with Crippen molar-refractivity contribution in [1.82, 2.24) is 4.98 Å². The Morgan fingerprint density at radius 2 is 2.16 bits per heavy atom. The third-order valence-corrected chi connectivity index (χ3v) is 4.63. The minimum atomic E-state index is -1.20. The second-order valence-electron chi connectivity index (χ2n) is 5.13. The molecule has 1 aliphatic carbocycles. The van der Waals surface area contributed by atoms with Crippen molar-refractivity contribution in [1.29, 1.82) is 0 Å². The number of carbonyl (C=O) groups excluding carboxylic acids is 1. The van der Waals surface area contributed by atoms with E-state index in [-0.39, 0.29) is 5.91 Å². The molecule has 4 nitrogen and oxygen atoms in total. The molecule has 0 saturated heterocycles. The van der Waals surface area contributed by atoms with Crippen molar-refractivity contribution in [3.8, 4) is 0 Å². The van der Waals surface area contributed by atoms with E-state index in [1.165, 1.54) is 11.3 Å². The molecular formula is C14H16N2O2S. The van der Waals surface area contributed by atoms with Gasteiger partial charge in [0.05, 0.1) is 10.2 Å². The van der Waals surface area contributed by atoms with E-state index in [2.05, 4.69) is 10.3 Å². The molecule has 1 amide bonds. The number of aryl methyl sites for hydroxylation is 1. The van der Waals surface area contributed by atoms with Gasteiger partial charge in [-0.3, -0.25) is 10.1 Å². The van der Waals surface area contributed by atoms with Crippen molar-refractivity contribution < 1.29 is 9.90 Å². The highest BCUT2D eigenvalue weighted by Gasteiger charge is 2.39. The Labute approximate surface area is 115 Å². The summed E-state index contributed by atoms with van der Waals surface area (Å²) in [6, 6.07) is 5.96. The van der Waals surface area contributed by atoms with E-state index < -0.39 is 5.60 Å². The van der Waals surface area contributed by atoms with Crippen LogP contribution in [0.15, 0.2) is 18.2 Å². The zero-order valence-corrected chi connectivity index (χ0v) is 11.6. The number of para-hydroxylation sites is 1. The number of benzene rings is 1. The number of aliphatic hydroxyl groups is 1. The molecule has 19 heavy (non-hydrogen) atoms. The number of hydrogen-bond donors (Lipinski definition) is 2. The van der Waals surface area contributed by atoms with E-state index >= 15 is 0 Å². The first-order chi connectivity index (χ1) is 9.08. The highest BCUT2D eigenvalue weighted by Crippen LogP contribution is 2.32. The van der Waals surface area contributed by atoms with Gasteiger partial charge in [-0.05, 0) is 44.2 Å². The Bertz CT molecular complexity index is 629. The van der Waals surface area contributed by atoms with Crippen LogP contribution in [0, 0.1) is 6.92 Å². The first-order valence-electron chi connectivity index (χ1n) is 6.48. The zero-order valence-electron chi connectivity index (χ0n) is 10.8. The molecule has 5 heteroatoms. The minimum absolute atomic E-state index is 0.318. The van der Waals surface area contributed by atoms with Crippen LogP contribution in [0.5, 0.6) is 0 Å². The lowest BCUT2D eigenvalue weighted by Gasteiger charge is -2.19. The number of hydrogen-bond acceptors (Lipinski definition) is 4. The van der Waals surface area contributed by atoms with Gasteiger partial charge >= 0.3 is 0 Å². The largest absolute Gasteiger partial charge is 0.380 e. The number of nitrogens with one attached hydrogen (secondary N) is 1. The van der Waals surface area contributed by atoms with Gasteiger partial charge in [0.1, 0.15) is 5.60 Å². The number of nitrogens with zero attached hydrogens (tertiary/aromatic N) is 1. The van der Waals surface area contributed by atoms with Gasteiger partial charge in [-0.2, -0.15) is 0 Å². The number of anilines is 1. The Morgan fingerprint density at radius 1 is 1.42 bits per heavy atom. The predicted octanol–water partition coefficient (Wildman–Crippen LogP) is 2.85. The molecule has 1 aromatic heterocycles. The van der Waals surface area contributed by atoms with E-state index in [1.54, 1.807) is 0 Å². The number of amides is 1. The molecule has 1 aliphatic rings. The van der Waals surface area contributed by atoms with Crippen LogP contribution in [0.2, 0.25) is 0 Å². The highest BCUT2D eigenvalue weighted by atomic mass is 32.1. The second-order valence-corrected chi connectivity index (χ2v) is 6.16. The lowest BCUT2D eigenvalue weighted by Crippen LogP contribution is -2.40. The third kappa shape index (κ3) is 2.24. The van der Waals surface area contributed by atoms with Gasteiger partial charge in [0.15, 0.2) is 5.13 Å². The van der Waals surface area contributed by atoms with Gasteiger partial charge in [0.25, 0.3) is 5.91 Å². The fourth-order valence-corrected chi connectivity index (χ4v) is 3.48. The van der Waals surface area contributed by atoms with Crippen molar-refractivity contribution in [2.75, 3.05) is 5.32 Å². The molecule has 0 aliphatic heterocycles. The molecule has 0 unspecified atom stereocenters. The Hall–Kier alpha value is -1.46. The maximum Gasteiger partial charge on any atom is 0.258 e. The monoisotopic (exact) mass is 276 g/mol. The summed E-state index contributed by atoms with van der Waals surface area (Å²) in [7, 11) is 0. The lowest BCUT2D eigenvalue weighted by molar-refractivity contribution is -0.133. The van der Waals surface area contributed by atoms with E-state index in [0.29, 0.717) is 18.0 Å². The summed E-state index contributed by atoms with van der Waals surface area (Å²) in [5, 5.41) is 13.5. The quantitative estimate of drug-likeness (QED) is 0.886. The van der Waals surface area contributed by atoms with Crippen LogP contribution >= 0.6 is 11.3 Å². The predicted molar refractivity (Wildman–Crippen MR) is 76.4 cm³/mol. The van der Waals surface area contributed by atoms with Crippen LogP contribution in [0.3, 0.4) is 0 Å². The van der Waals surface area contributed by atoms with Gasteiger partial charge in [0.2, 0.25) is 0 Å². The standard InChI is InChI=1S/C14H16N2O2S/c1-9-5-4-6-10-11(9)15-13(19-10)16-12(17)14(18)7-2-3-8-14/h4-6,18H,2-3,7-8H2,1H3,(H,15,16,17). The highest BCUT2D eigenvalue weighted by molar-refractivity contribution is 7.22. The van der Waals surface area contributed by atoms with Crippen molar-refractivity contribution in [2.45, 2.75) is 38.2 Å². The molecule has 1 fully saturated rings. The van der Waals surface area contributed by atoms with Gasteiger partial charge in [-0.15, -0.1) is 0 Å². The maximum absolute atomic E-state index is 12.1. The summed E-state index contributed by atoms with van der Waals surface area (Å²) in [4.78, 5) is 16.5. The van der Waals surface area contributed by atoms with Crippen LogP contribution in [0.25, 0.3) is 10.2 Å². The summed E-state index contributed by atoms with van der Waals surface area (Å²) in [6.07, 6.45) is 2.90. The van der Waals surface area contributed by atoms with E-state index in [0.717, 1.165) is 28.6 Å². The van der Waals surface area contributed by atoms with Gasteiger partial charge < -0.3 is 5.11 Å². The number of thiazole rings is 1. The first-order valence-corrected chi connectivity index (χ1v) is 7.30.